The molecule has 0 aliphatic heterocycles. The van der Waals surface area contributed by atoms with Crippen LogP contribution in [-0.4, -0.2) is 36.4 Å². The molecule has 0 rings (SSSR count). The number of allylic oxidation sites excluding steroid dienone is 16. The smallest absolute Gasteiger partial charge is 0.305 e. The van der Waals surface area contributed by atoms with Crippen molar-refractivity contribution in [2.24, 2.45) is 0 Å². The SMILES string of the molecule is CCCCC/C=C/C/C=C/C/C=C/C/C=C/CCCC(=O)OCC(O)COC(=O)CCC/C=C/C/C=C/C/C=C/C/C=C/CCCCC. The third-order valence-corrected chi connectivity index (χ3v) is 7.29. The minimum Gasteiger partial charge on any atom is -0.463 e. The molecule has 48 heavy (non-hydrogen) atoms. The second-order valence-corrected chi connectivity index (χ2v) is 12.0. The van der Waals surface area contributed by atoms with Gasteiger partial charge in [-0.15, -0.1) is 0 Å². The van der Waals surface area contributed by atoms with E-state index in [1.807, 2.05) is 0 Å². The molecule has 0 aliphatic rings. The molecule has 5 heteroatoms. The monoisotopic (exact) mass is 665 g/mol. The van der Waals surface area contributed by atoms with E-state index >= 15 is 0 Å². The van der Waals surface area contributed by atoms with E-state index in [9.17, 15) is 14.7 Å². The quantitative estimate of drug-likeness (QED) is 0.0440. The van der Waals surface area contributed by atoms with Crippen molar-refractivity contribution in [2.75, 3.05) is 13.2 Å². The zero-order chi connectivity index (χ0) is 35.0. The van der Waals surface area contributed by atoms with Gasteiger partial charge in [0.05, 0.1) is 0 Å². The van der Waals surface area contributed by atoms with Crippen molar-refractivity contribution in [1.29, 1.82) is 0 Å². The maximum Gasteiger partial charge on any atom is 0.305 e. The van der Waals surface area contributed by atoms with Gasteiger partial charge in [-0.3, -0.25) is 9.59 Å². The number of carbonyl (C=O) groups is 2. The van der Waals surface area contributed by atoms with Crippen LogP contribution < -0.4 is 0 Å². The number of esters is 2. The number of hydrogen-bond acceptors (Lipinski definition) is 5. The maximum atomic E-state index is 11.9. The van der Waals surface area contributed by atoms with Crippen LogP contribution in [0.4, 0.5) is 0 Å². The van der Waals surface area contributed by atoms with Gasteiger partial charge in [-0.1, -0.05) is 137 Å². The van der Waals surface area contributed by atoms with Crippen LogP contribution in [0.1, 0.15) is 142 Å². The zero-order valence-electron chi connectivity index (χ0n) is 30.5. The highest BCUT2D eigenvalue weighted by Gasteiger charge is 2.11. The molecule has 0 aromatic rings. The molecule has 0 aliphatic carbocycles. The van der Waals surface area contributed by atoms with E-state index in [4.69, 9.17) is 9.47 Å². The third kappa shape index (κ3) is 37.3. The number of rotatable bonds is 32. The van der Waals surface area contributed by atoms with Crippen molar-refractivity contribution in [3.8, 4) is 0 Å². The summed E-state index contributed by atoms with van der Waals surface area (Å²) >= 11 is 0. The summed E-state index contributed by atoms with van der Waals surface area (Å²) in [5.74, 6) is -0.703. The molecule has 0 aromatic heterocycles. The number of unbranched alkanes of at least 4 members (excludes halogenated alkanes) is 8. The van der Waals surface area contributed by atoms with Crippen molar-refractivity contribution in [1.82, 2.24) is 0 Å². The van der Waals surface area contributed by atoms with Crippen LogP contribution in [0.25, 0.3) is 0 Å². The standard InChI is InChI=1S/C43H68O5/c1-3-5-7-9-11-13-15-17-19-21-23-25-27-29-31-33-35-37-42(45)47-39-41(44)40-48-43(46)38-36-34-32-30-28-26-24-22-20-18-16-14-12-10-8-6-4-2/h11-14,17-20,23-26,29-32,41,44H,3-10,15-16,21-22,27-28,33-40H2,1-2H3/b13-11+,14-12+,19-17+,20-18+,25-23+,26-24+,31-29+,32-30+. The molecule has 0 saturated carbocycles. The molecule has 0 radical (unpaired) electrons. The summed E-state index contributed by atoms with van der Waals surface area (Å²) in [4.78, 5) is 23.9. The van der Waals surface area contributed by atoms with Crippen molar-refractivity contribution in [2.45, 2.75) is 148 Å². The molecule has 0 spiro atoms. The predicted octanol–water partition coefficient (Wildman–Crippen LogP) is 11.7. The Morgan fingerprint density at radius 3 is 1.00 bits per heavy atom. The van der Waals surface area contributed by atoms with E-state index in [-0.39, 0.29) is 25.2 Å². The molecule has 0 heterocycles. The number of aliphatic hydroxyl groups excluding tert-OH is 1. The Labute approximate surface area is 294 Å². The molecular weight excluding hydrogens is 596 g/mol. The summed E-state index contributed by atoms with van der Waals surface area (Å²) in [6.07, 6.45) is 53.2. The van der Waals surface area contributed by atoms with E-state index in [1.54, 1.807) is 0 Å². The normalized spacial score (nSPS) is 12.8. The van der Waals surface area contributed by atoms with Gasteiger partial charge in [0.15, 0.2) is 0 Å². The second-order valence-electron chi connectivity index (χ2n) is 12.0. The van der Waals surface area contributed by atoms with Crippen LogP contribution in [0, 0.1) is 0 Å². The Morgan fingerprint density at radius 2 is 0.708 bits per heavy atom. The summed E-state index contributed by atoms with van der Waals surface area (Å²) in [7, 11) is 0. The van der Waals surface area contributed by atoms with Crippen LogP contribution in [0.3, 0.4) is 0 Å². The lowest BCUT2D eigenvalue weighted by Crippen LogP contribution is -2.25. The Bertz CT molecular complexity index is 901. The van der Waals surface area contributed by atoms with Crippen molar-refractivity contribution >= 4 is 11.9 Å². The average Bonchev–Trinajstić information content (AvgIpc) is 3.09. The summed E-state index contributed by atoms with van der Waals surface area (Å²) in [6.45, 7) is 4.12. The van der Waals surface area contributed by atoms with E-state index < -0.39 is 6.10 Å². The highest BCUT2D eigenvalue weighted by atomic mass is 16.6. The molecule has 0 saturated heterocycles. The molecule has 0 unspecified atom stereocenters. The van der Waals surface area contributed by atoms with Gasteiger partial charge in [-0.05, 0) is 89.9 Å². The molecule has 270 valence electrons. The number of aliphatic hydroxyl groups is 1. The Morgan fingerprint density at radius 1 is 0.438 bits per heavy atom. The van der Waals surface area contributed by atoms with E-state index in [0.29, 0.717) is 25.7 Å². The van der Waals surface area contributed by atoms with Gasteiger partial charge in [-0.25, -0.2) is 0 Å². The molecule has 0 fully saturated rings. The fourth-order valence-electron chi connectivity index (χ4n) is 4.42. The first kappa shape index (κ1) is 44.8. The topological polar surface area (TPSA) is 72.8 Å². The molecule has 0 atom stereocenters. The van der Waals surface area contributed by atoms with Crippen molar-refractivity contribution < 1.29 is 24.2 Å². The minimum absolute atomic E-state index is 0.168. The van der Waals surface area contributed by atoms with E-state index in [1.165, 1.54) is 51.4 Å². The third-order valence-electron chi connectivity index (χ3n) is 7.29. The van der Waals surface area contributed by atoms with Gasteiger partial charge in [0.2, 0.25) is 0 Å². The predicted molar refractivity (Wildman–Crippen MR) is 205 cm³/mol. The van der Waals surface area contributed by atoms with Crippen molar-refractivity contribution in [3.63, 3.8) is 0 Å². The first-order chi connectivity index (χ1) is 23.6. The number of ether oxygens (including phenoxy) is 2. The van der Waals surface area contributed by atoms with Gasteiger partial charge >= 0.3 is 11.9 Å². The van der Waals surface area contributed by atoms with Crippen LogP contribution in [0.15, 0.2) is 97.2 Å². The van der Waals surface area contributed by atoms with Crippen LogP contribution in [0.2, 0.25) is 0 Å². The lowest BCUT2D eigenvalue weighted by molar-refractivity contribution is -0.152. The summed E-state index contributed by atoms with van der Waals surface area (Å²) in [6, 6.07) is 0. The van der Waals surface area contributed by atoms with E-state index in [2.05, 4.69) is 111 Å². The van der Waals surface area contributed by atoms with Gasteiger partial charge in [0.1, 0.15) is 19.3 Å². The molecule has 1 N–H and O–H groups in total. The molecular formula is C43H68O5. The number of carbonyl (C=O) groups excluding carboxylic acids is 2. The molecule has 0 amide bonds. The van der Waals surface area contributed by atoms with Gasteiger partial charge < -0.3 is 14.6 Å². The van der Waals surface area contributed by atoms with E-state index in [0.717, 1.165) is 51.4 Å². The van der Waals surface area contributed by atoms with Crippen LogP contribution in [-0.2, 0) is 19.1 Å². The first-order valence-corrected chi connectivity index (χ1v) is 18.8. The number of hydrogen-bond donors (Lipinski definition) is 1. The summed E-state index contributed by atoms with van der Waals surface area (Å²) in [5, 5.41) is 9.98. The highest BCUT2D eigenvalue weighted by Crippen LogP contribution is 2.05. The highest BCUT2D eigenvalue weighted by molar-refractivity contribution is 5.69. The summed E-state index contributed by atoms with van der Waals surface area (Å²) in [5.41, 5.74) is 0. The largest absolute Gasteiger partial charge is 0.463 e. The van der Waals surface area contributed by atoms with Gasteiger partial charge in [0.25, 0.3) is 0 Å². The lowest BCUT2D eigenvalue weighted by Gasteiger charge is -2.11. The maximum absolute atomic E-state index is 11.9. The second kappa shape index (κ2) is 38.3. The molecule has 0 aromatic carbocycles. The fraction of sp³-hybridized carbons (Fsp3) is 0.581. The van der Waals surface area contributed by atoms with Gasteiger partial charge in [0, 0.05) is 12.8 Å². The van der Waals surface area contributed by atoms with Crippen LogP contribution >= 0.6 is 0 Å². The Balaban J connectivity index is 3.68. The average molecular weight is 665 g/mol. The Kier molecular flexibility index (Phi) is 35.7. The molecule has 5 nitrogen and oxygen atoms in total. The molecule has 0 bridgehead atoms. The first-order valence-electron chi connectivity index (χ1n) is 18.8. The lowest BCUT2D eigenvalue weighted by atomic mass is 10.2. The fourth-order valence-corrected chi connectivity index (χ4v) is 4.42. The summed E-state index contributed by atoms with van der Waals surface area (Å²) < 4.78 is 10.2. The minimum atomic E-state index is -1.01. The zero-order valence-corrected chi connectivity index (χ0v) is 30.5. The van der Waals surface area contributed by atoms with Crippen LogP contribution in [0.5, 0.6) is 0 Å². The van der Waals surface area contributed by atoms with Crippen molar-refractivity contribution in [3.05, 3.63) is 97.2 Å². The van der Waals surface area contributed by atoms with Gasteiger partial charge in [-0.2, -0.15) is 0 Å². The Hall–Kier alpha value is -3.18.